The molecule has 1 saturated heterocycles. The zero-order valence-corrected chi connectivity index (χ0v) is 10.9. The first kappa shape index (κ1) is 11.1. The number of benzene rings is 1. The van der Waals surface area contributed by atoms with Gasteiger partial charge in [0.2, 0.25) is 0 Å². The van der Waals surface area contributed by atoms with E-state index in [0.717, 1.165) is 8.95 Å². The van der Waals surface area contributed by atoms with E-state index >= 15 is 0 Å². The number of halogens is 2. The Bertz CT molecular complexity index is 388. The van der Waals surface area contributed by atoms with E-state index in [1.54, 1.807) is 12.1 Å². The molecule has 0 aromatic heterocycles. The van der Waals surface area contributed by atoms with Gasteiger partial charge in [0.05, 0.1) is 12.2 Å². The molecule has 80 valence electrons. The first-order chi connectivity index (χ1) is 7.16. The molecule has 5 heteroatoms. The molecule has 2 rings (SSSR count). The van der Waals surface area contributed by atoms with Crippen LogP contribution in [0.1, 0.15) is 10.4 Å². The van der Waals surface area contributed by atoms with Gasteiger partial charge in [0.1, 0.15) is 12.7 Å². The Labute approximate surface area is 104 Å². The highest BCUT2D eigenvalue weighted by molar-refractivity contribution is 9.11. The first-order valence-electron chi connectivity index (χ1n) is 4.40. The molecular weight excluding hydrogens is 328 g/mol. The molecule has 1 aliphatic rings. The van der Waals surface area contributed by atoms with E-state index in [2.05, 4.69) is 31.9 Å². The Morgan fingerprint density at radius 3 is 2.87 bits per heavy atom. The van der Waals surface area contributed by atoms with Crippen LogP contribution in [0.4, 0.5) is 0 Å². The number of esters is 1. The lowest BCUT2D eigenvalue weighted by Gasteiger charge is -2.04. The van der Waals surface area contributed by atoms with Crippen molar-refractivity contribution in [1.82, 2.24) is 0 Å². The van der Waals surface area contributed by atoms with E-state index in [0.29, 0.717) is 18.8 Å². The van der Waals surface area contributed by atoms with Crippen molar-refractivity contribution < 1.29 is 14.3 Å². The molecule has 1 unspecified atom stereocenters. The summed E-state index contributed by atoms with van der Waals surface area (Å²) in [5.74, 6) is -0.329. The maximum absolute atomic E-state index is 11.6. The van der Waals surface area contributed by atoms with Gasteiger partial charge in [-0.05, 0) is 34.1 Å². The number of ether oxygens (including phenoxy) is 2. The van der Waals surface area contributed by atoms with Gasteiger partial charge < -0.3 is 9.47 Å². The fraction of sp³-hybridized carbons (Fsp3) is 0.300. The van der Waals surface area contributed by atoms with Crippen molar-refractivity contribution in [2.45, 2.75) is 6.10 Å². The third kappa shape index (κ3) is 3.03. The molecule has 1 fully saturated rings. The van der Waals surface area contributed by atoms with Gasteiger partial charge in [-0.1, -0.05) is 15.9 Å². The van der Waals surface area contributed by atoms with E-state index in [-0.39, 0.29) is 12.1 Å². The molecule has 3 nitrogen and oxygen atoms in total. The standard InChI is InChI=1S/C10H8Br2O3/c11-6-1-2-8(9(12)3-6)10(13)15-5-7-4-14-7/h1-3,7H,4-5H2. The first-order valence-corrected chi connectivity index (χ1v) is 5.99. The fourth-order valence-electron chi connectivity index (χ4n) is 1.07. The molecule has 0 bridgehead atoms. The van der Waals surface area contributed by atoms with Crippen LogP contribution in [0.3, 0.4) is 0 Å². The molecule has 1 heterocycles. The van der Waals surface area contributed by atoms with Crippen LogP contribution >= 0.6 is 31.9 Å². The maximum atomic E-state index is 11.6. The quantitative estimate of drug-likeness (QED) is 0.629. The van der Waals surface area contributed by atoms with Crippen molar-refractivity contribution in [3.63, 3.8) is 0 Å². The summed E-state index contributed by atoms with van der Waals surface area (Å²) >= 11 is 6.62. The fourth-order valence-corrected chi connectivity index (χ4v) is 2.27. The Balaban J connectivity index is 2.03. The highest BCUT2D eigenvalue weighted by atomic mass is 79.9. The van der Waals surface area contributed by atoms with Crippen molar-refractivity contribution in [2.75, 3.05) is 13.2 Å². The van der Waals surface area contributed by atoms with Crippen LogP contribution in [0, 0.1) is 0 Å². The van der Waals surface area contributed by atoms with Gasteiger partial charge >= 0.3 is 5.97 Å². The summed E-state index contributed by atoms with van der Waals surface area (Å²) in [6.07, 6.45) is 0.100. The van der Waals surface area contributed by atoms with E-state index < -0.39 is 0 Å². The van der Waals surface area contributed by atoms with Crippen LogP contribution in [0.15, 0.2) is 27.1 Å². The average molecular weight is 336 g/mol. The molecule has 0 aliphatic carbocycles. The Morgan fingerprint density at radius 2 is 2.27 bits per heavy atom. The van der Waals surface area contributed by atoms with E-state index in [9.17, 15) is 4.79 Å². The minimum atomic E-state index is -0.329. The minimum Gasteiger partial charge on any atom is -0.459 e. The highest BCUT2D eigenvalue weighted by Gasteiger charge is 2.24. The number of rotatable bonds is 3. The Morgan fingerprint density at radius 1 is 1.53 bits per heavy atom. The third-order valence-electron chi connectivity index (χ3n) is 1.95. The van der Waals surface area contributed by atoms with Crippen LogP contribution in [-0.2, 0) is 9.47 Å². The highest BCUT2D eigenvalue weighted by Crippen LogP contribution is 2.23. The van der Waals surface area contributed by atoms with Crippen LogP contribution in [0.5, 0.6) is 0 Å². The Hall–Kier alpha value is -0.390. The van der Waals surface area contributed by atoms with Gasteiger partial charge in [-0.15, -0.1) is 0 Å². The maximum Gasteiger partial charge on any atom is 0.339 e. The summed E-state index contributed by atoms with van der Waals surface area (Å²) in [6.45, 7) is 1.02. The molecule has 1 aromatic rings. The van der Waals surface area contributed by atoms with Gasteiger partial charge in [-0.3, -0.25) is 0 Å². The summed E-state index contributed by atoms with van der Waals surface area (Å²) in [5.41, 5.74) is 0.527. The van der Waals surface area contributed by atoms with Gasteiger partial charge in [-0.2, -0.15) is 0 Å². The molecular formula is C10H8Br2O3. The molecule has 1 aliphatic heterocycles. The number of carbonyl (C=O) groups excluding carboxylic acids is 1. The van der Waals surface area contributed by atoms with Gasteiger partial charge in [0.15, 0.2) is 0 Å². The predicted molar refractivity (Wildman–Crippen MR) is 61.9 cm³/mol. The zero-order valence-electron chi connectivity index (χ0n) is 7.70. The second kappa shape index (κ2) is 4.63. The molecule has 0 radical (unpaired) electrons. The third-order valence-corrected chi connectivity index (χ3v) is 3.10. The molecule has 1 aromatic carbocycles. The molecule has 0 spiro atoms. The molecule has 0 N–H and O–H groups in total. The van der Waals surface area contributed by atoms with Gasteiger partial charge in [0.25, 0.3) is 0 Å². The van der Waals surface area contributed by atoms with E-state index in [1.165, 1.54) is 0 Å². The van der Waals surface area contributed by atoms with Crippen LogP contribution in [0.25, 0.3) is 0 Å². The summed E-state index contributed by atoms with van der Waals surface area (Å²) in [4.78, 5) is 11.6. The van der Waals surface area contributed by atoms with Gasteiger partial charge in [0, 0.05) is 8.95 Å². The normalized spacial score (nSPS) is 18.7. The summed E-state index contributed by atoms with van der Waals surface area (Å²) in [7, 11) is 0. The largest absolute Gasteiger partial charge is 0.459 e. The summed E-state index contributed by atoms with van der Waals surface area (Å²) < 4.78 is 11.6. The van der Waals surface area contributed by atoms with Crippen LogP contribution in [0.2, 0.25) is 0 Å². The zero-order chi connectivity index (χ0) is 10.8. The second-order valence-corrected chi connectivity index (χ2v) is 4.95. The van der Waals surface area contributed by atoms with Crippen molar-refractivity contribution in [1.29, 1.82) is 0 Å². The molecule has 1 atom stereocenters. The van der Waals surface area contributed by atoms with Crippen molar-refractivity contribution in [2.24, 2.45) is 0 Å². The van der Waals surface area contributed by atoms with E-state index in [1.807, 2.05) is 6.07 Å². The molecule has 0 saturated carbocycles. The average Bonchev–Trinajstić information content (AvgIpc) is 2.97. The Kier molecular flexibility index (Phi) is 3.43. The number of hydrogen-bond acceptors (Lipinski definition) is 3. The van der Waals surface area contributed by atoms with Gasteiger partial charge in [-0.25, -0.2) is 4.79 Å². The number of epoxide rings is 1. The lowest BCUT2D eigenvalue weighted by Crippen LogP contribution is -2.10. The predicted octanol–water partition coefficient (Wildman–Crippen LogP) is 2.77. The van der Waals surface area contributed by atoms with Crippen molar-refractivity contribution in [3.8, 4) is 0 Å². The van der Waals surface area contributed by atoms with E-state index in [4.69, 9.17) is 9.47 Å². The SMILES string of the molecule is O=C(OCC1CO1)c1ccc(Br)cc1Br. The summed E-state index contributed by atoms with van der Waals surface area (Å²) in [5, 5.41) is 0. The molecule has 0 amide bonds. The van der Waals surface area contributed by atoms with Crippen molar-refractivity contribution >= 4 is 37.8 Å². The van der Waals surface area contributed by atoms with Crippen LogP contribution in [-0.4, -0.2) is 25.3 Å². The second-order valence-electron chi connectivity index (χ2n) is 3.18. The lowest BCUT2D eigenvalue weighted by atomic mass is 10.2. The number of carbonyl (C=O) groups is 1. The summed E-state index contributed by atoms with van der Waals surface area (Å²) in [6, 6.07) is 5.32. The van der Waals surface area contributed by atoms with Crippen molar-refractivity contribution in [3.05, 3.63) is 32.7 Å². The minimum absolute atomic E-state index is 0.100. The lowest BCUT2D eigenvalue weighted by molar-refractivity contribution is 0.0475. The number of hydrogen-bond donors (Lipinski definition) is 0. The topological polar surface area (TPSA) is 38.8 Å². The smallest absolute Gasteiger partial charge is 0.339 e. The van der Waals surface area contributed by atoms with Crippen LogP contribution < -0.4 is 0 Å². The monoisotopic (exact) mass is 334 g/mol. The molecule has 15 heavy (non-hydrogen) atoms.